The number of esters is 1. The Morgan fingerprint density at radius 2 is 1.56 bits per heavy atom. The first-order valence-corrected chi connectivity index (χ1v) is 18.8. The zero-order valence-corrected chi connectivity index (χ0v) is 28.4. The van der Waals surface area contributed by atoms with Crippen LogP contribution in [0.2, 0.25) is 0 Å². The minimum absolute atomic E-state index is 0.0503. The molecule has 2 fully saturated rings. The van der Waals surface area contributed by atoms with Gasteiger partial charge in [-0.3, -0.25) is 4.55 Å². The first kappa shape index (κ1) is 40.1. The number of hydrogen-bond acceptors (Lipinski definition) is 10. The van der Waals surface area contributed by atoms with Crippen molar-refractivity contribution in [1.29, 1.82) is 0 Å². The Labute approximate surface area is 271 Å². The zero-order chi connectivity index (χ0) is 32.8. The highest BCUT2D eigenvalue weighted by Gasteiger charge is 2.52. The lowest BCUT2D eigenvalue weighted by molar-refractivity contribution is -0.214. The highest BCUT2D eigenvalue weighted by molar-refractivity contribution is 7.80. The van der Waals surface area contributed by atoms with E-state index in [1.54, 1.807) is 6.92 Å². The lowest BCUT2D eigenvalue weighted by Crippen LogP contribution is -2.41. The Balaban J connectivity index is 1.39. The lowest BCUT2D eigenvalue weighted by Gasteiger charge is -2.33. The second-order valence-corrected chi connectivity index (χ2v) is 13.7. The van der Waals surface area contributed by atoms with Crippen molar-refractivity contribution in [2.24, 2.45) is 5.73 Å². The predicted octanol–water partition coefficient (Wildman–Crippen LogP) is 5.93. The van der Waals surface area contributed by atoms with Crippen molar-refractivity contribution in [1.82, 2.24) is 0 Å². The number of allylic oxidation sites excluding steroid dienone is 1. The quantitative estimate of drug-likeness (QED) is 0.0394. The molecule has 2 heterocycles. The van der Waals surface area contributed by atoms with E-state index in [1.807, 2.05) is 6.08 Å². The van der Waals surface area contributed by atoms with Crippen LogP contribution in [0.25, 0.3) is 0 Å². The average Bonchev–Trinajstić information content (AvgIpc) is 3.30. The molecule has 0 unspecified atom stereocenters. The number of nitrogens with two attached hydrogens (primary N) is 1. The third-order valence-corrected chi connectivity index (χ3v) is 8.98. The van der Waals surface area contributed by atoms with Gasteiger partial charge in [0.05, 0.1) is 38.1 Å². The maximum Gasteiger partial charge on any atom is 0.397 e. The molecule has 0 aromatic carbocycles. The lowest BCUT2D eigenvalue weighted by atomic mass is 9.94. The molecule has 2 aliphatic heterocycles. The van der Waals surface area contributed by atoms with Gasteiger partial charge in [0.25, 0.3) is 0 Å². The third-order valence-electron chi connectivity index (χ3n) is 8.54. The van der Waals surface area contributed by atoms with Crippen molar-refractivity contribution in [3.8, 4) is 0 Å². The van der Waals surface area contributed by atoms with E-state index < -0.39 is 28.3 Å². The van der Waals surface area contributed by atoms with Crippen molar-refractivity contribution in [3.63, 3.8) is 0 Å². The fraction of sp³-hybridized carbons (Fsp3) is 0.909. The molecule has 264 valence electrons. The van der Waals surface area contributed by atoms with Gasteiger partial charge in [0, 0.05) is 25.5 Å². The van der Waals surface area contributed by atoms with Crippen molar-refractivity contribution < 1.29 is 46.0 Å². The van der Waals surface area contributed by atoms with Gasteiger partial charge in [0.1, 0.15) is 6.10 Å². The van der Waals surface area contributed by atoms with Gasteiger partial charge in [0.15, 0.2) is 5.79 Å². The van der Waals surface area contributed by atoms with Gasteiger partial charge in [-0.05, 0) is 45.4 Å². The number of rotatable bonds is 28. The standard InChI is InChI=1S/C33H61NO10S/c1-2-41-31(36)21-17-13-12-16-20-30-32-29(35)22-24-33(43-30,44-32)23-18-14-10-8-6-4-3-5-7-9-11-15-19-25-40-26-28(34)27-42-45(37,38)39/h17,21,28-30,32,35H,2-16,18-20,22-27,34H2,1H3,(H,37,38,39)/b21-17+/t28-,29-,30-,32-,33+/m1/s1. The fourth-order valence-corrected chi connectivity index (χ4v) is 6.46. The van der Waals surface area contributed by atoms with E-state index >= 15 is 0 Å². The SMILES string of the molecule is CCOC(=O)/C=C/CCCC[C@H]1O[C@]2(CCCCCCCCCCCCCCCOC[C@@H](N)COS(=O)(=O)O)CC[C@@H](O)[C@H]1O2. The van der Waals surface area contributed by atoms with Crippen LogP contribution in [0.1, 0.15) is 135 Å². The zero-order valence-electron chi connectivity index (χ0n) is 27.6. The Bertz CT molecular complexity index is 917. The number of aliphatic hydroxyl groups is 1. The van der Waals surface area contributed by atoms with Crippen molar-refractivity contribution in [3.05, 3.63) is 12.2 Å². The van der Waals surface area contributed by atoms with Crippen LogP contribution in [0.5, 0.6) is 0 Å². The molecule has 2 rings (SSSR count). The van der Waals surface area contributed by atoms with E-state index in [1.165, 1.54) is 70.3 Å². The van der Waals surface area contributed by atoms with E-state index in [-0.39, 0.29) is 31.4 Å². The van der Waals surface area contributed by atoms with Crippen molar-refractivity contribution >= 4 is 16.4 Å². The Morgan fingerprint density at radius 1 is 0.933 bits per heavy atom. The number of aliphatic hydroxyl groups excluding tert-OH is 1. The number of ether oxygens (including phenoxy) is 4. The second kappa shape index (κ2) is 23.2. The summed E-state index contributed by atoms with van der Waals surface area (Å²) in [5.41, 5.74) is 5.67. The van der Waals surface area contributed by atoms with Gasteiger partial charge < -0.3 is 29.8 Å². The molecule has 2 bridgehead atoms. The summed E-state index contributed by atoms with van der Waals surface area (Å²) in [6.45, 7) is 2.69. The van der Waals surface area contributed by atoms with Crippen LogP contribution < -0.4 is 5.73 Å². The third kappa shape index (κ3) is 18.7. The summed E-state index contributed by atoms with van der Waals surface area (Å²) in [4.78, 5) is 11.4. The van der Waals surface area contributed by atoms with E-state index in [2.05, 4.69) is 4.18 Å². The maximum absolute atomic E-state index is 11.4. The summed E-state index contributed by atoms with van der Waals surface area (Å²) in [7, 11) is -4.45. The van der Waals surface area contributed by atoms with Gasteiger partial charge in [-0.15, -0.1) is 0 Å². The highest BCUT2D eigenvalue weighted by atomic mass is 32.3. The van der Waals surface area contributed by atoms with Gasteiger partial charge >= 0.3 is 16.4 Å². The Kier molecular flexibility index (Phi) is 20.7. The van der Waals surface area contributed by atoms with Crippen LogP contribution in [-0.2, 0) is 38.3 Å². The smallest absolute Gasteiger partial charge is 0.397 e. The predicted molar refractivity (Wildman–Crippen MR) is 173 cm³/mol. The number of carbonyl (C=O) groups excluding carboxylic acids is 1. The summed E-state index contributed by atoms with van der Waals surface area (Å²) in [5.74, 6) is -0.803. The van der Waals surface area contributed by atoms with Gasteiger partial charge in [-0.25, -0.2) is 8.98 Å². The van der Waals surface area contributed by atoms with Crippen LogP contribution >= 0.6 is 0 Å². The molecule has 12 heteroatoms. The van der Waals surface area contributed by atoms with Gasteiger partial charge in [-0.2, -0.15) is 8.42 Å². The highest BCUT2D eigenvalue weighted by Crippen LogP contribution is 2.44. The molecule has 2 aliphatic rings. The maximum atomic E-state index is 11.4. The monoisotopic (exact) mass is 663 g/mol. The van der Waals surface area contributed by atoms with Crippen LogP contribution in [0, 0.1) is 0 Å². The summed E-state index contributed by atoms with van der Waals surface area (Å²) < 4.78 is 56.9. The molecule has 0 aromatic heterocycles. The first-order chi connectivity index (χ1) is 21.6. The van der Waals surface area contributed by atoms with Crippen LogP contribution in [0.4, 0.5) is 0 Å². The van der Waals surface area contributed by atoms with E-state index in [4.69, 9.17) is 29.2 Å². The molecule has 45 heavy (non-hydrogen) atoms. The summed E-state index contributed by atoms with van der Waals surface area (Å²) in [5, 5.41) is 10.5. The van der Waals surface area contributed by atoms with Crippen LogP contribution in [0.15, 0.2) is 12.2 Å². The molecule has 0 aliphatic carbocycles. The van der Waals surface area contributed by atoms with Crippen molar-refractivity contribution in [2.45, 2.75) is 165 Å². The summed E-state index contributed by atoms with van der Waals surface area (Å²) >= 11 is 0. The largest absolute Gasteiger partial charge is 0.463 e. The van der Waals surface area contributed by atoms with E-state index in [9.17, 15) is 18.3 Å². The van der Waals surface area contributed by atoms with E-state index in [0.29, 0.717) is 13.2 Å². The second-order valence-electron chi connectivity index (χ2n) is 12.6. The molecule has 11 nitrogen and oxygen atoms in total. The molecular formula is C33H61NO10S. The van der Waals surface area contributed by atoms with Crippen LogP contribution in [-0.4, -0.2) is 80.6 Å². The summed E-state index contributed by atoms with van der Waals surface area (Å²) in [6, 6.07) is -0.584. The van der Waals surface area contributed by atoms with E-state index in [0.717, 1.165) is 64.2 Å². The van der Waals surface area contributed by atoms with Gasteiger partial charge in [0.2, 0.25) is 0 Å². The summed E-state index contributed by atoms with van der Waals surface area (Å²) in [6.07, 6.45) is 24.4. The molecule has 0 aromatic rings. The van der Waals surface area contributed by atoms with Gasteiger partial charge in [-0.1, -0.05) is 83.1 Å². The average molecular weight is 664 g/mol. The molecule has 4 N–H and O–H groups in total. The van der Waals surface area contributed by atoms with Crippen LogP contribution in [0.3, 0.4) is 0 Å². The number of unbranched alkanes of at least 4 members (excludes halogenated alkanes) is 14. The normalized spacial score (nSPS) is 24.0. The number of carbonyl (C=O) groups is 1. The number of fused-ring (bicyclic) bond motifs is 2. The molecule has 0 radical (unpaired) electrons. The topological polar surface area (TPSA) is 164 Å². The molecule has 0 spiro atoms. The fourth-order valence-electron chi connectivity index (χ4n) is 6.11. The van der Waals surface area contributed by atoms with Crippen molar-refractivity contribution in [2.75, 3.05) is 26.4 Å². The first-order valence-electron chi connectivity index (χ1n) is 17.5. The molecule has 0 amide bonds. The molecule has 2 saturated heterocycles. The minimum Gasteiger partial charge on any atom is -0.463 e. The number of hydrogen-bond donors (Lipinski definition) is 3. The molecule has 5 atom stereocenters. The molecular weight excluding hydrogens is 602 g/mol. The Morgan fingerprint density at radius 3 is 2.18 bits per heavy atom. The Hall–Kier alpha value is -1.12. The molecule has 0 saturated carbocycles. The minimum atomic E-state index is -4.45.